The molecular formula is C15H17Cl2NO. The fourth-order valence-corrected chi connectivity index (χ4v) is 4.21. The van der Waals surface area contributed by atoms with Gasteiger partial charge in [0.05, 0.1) is 15.7 Å². The Labute approximate surface area is 123 Å². The minimum atomic E-state index is -0.320. The predicted molar refractivity (Wildman–Crippen MR) is 79.0 cm³/mol. The Morgan fingerprint density at radius 2 is 1.89 bits per heavy atom. The molecule has 4 heteroatoms. The van der Waals surface area contributed by atoms with Gasteiger partial charge in [0.2, 0.25) is 0 Å². The van der Waals surface area contributed by atoms with Gasteiger partial charge in [-0.05, 0) is 36.8 Å². The van der Waals surface area contributed by atoms with Gasteiger partial charge >= 0.3 is 0 Å². The average molecular weight is 298 g/mol. The monoisotopic (exact) mass is 297 g/mol. The van der Waals surface area contributed by atoms with Crippen LogP contribution in [0.1, 0.15) is 48.5 Å². The van der Waals surface area contributed by atoms with Gasteiger partial charge in [0.15, 0.2) is 5.78 Å². The van der Waals surface area contributed by atoms with E-state index in [2.05, 4.69) is 6.92 Å². The Kier molecular flexibility index (Phi) is 3.06. The number of hydrogen-bond donors (Lipinski definition) is 1. The van der Waals surface area contributed by atoms with Gasteiger partial charge in [0, 0.05) is 11.0 Å². The maximum atomic E-state index is 12.8. The third-order valence-corrected chi connectivity index (χ3v) is 5.76. The molecule has 0 heterocycles. The van der Waals surface area contributed by atoms with Crippen molar-refractivity contribution in [2.24, 2.45) is 11.3 Å². The molecule has 102 valence electrons. The summed E-state index contributed by atoms with van der Waals surface area (Å²) < 4.78 is 0. The quantitative estimate of drug-likeness (QED) is 0.775. The van der Waals surface area contributed by atoms with Crippen LogP contribution >= 0.6 is 23.2 Å². The zero-order valence-corrected chi connectivity index (χ0v) is 12.4. The molecule has 0 radical (unpaired) electrons. The van der Waals surface area contributed by atoms with Crippen molar-refractivity contribution in [1.82, 2.24) is 0 Å². The standard InChI is InChI=1S/C15H17Cl2NO/c1-15(9-4-2-3-5-9)7-8-6-10(18)12(16)13(17)11(8)14(15)19/h6,9H,2-5,7,18H2,1H3. The van der Waals surface area contributed by atoms with E-state index in [1.807, 2.05) is 6.07 Å². The molecule has 19 heavy (non-hydrogen) atoms. The summed E-state index contributed by atoms with van der Waals surface area (Å²) in [5, 5.41) is 0.646. The van der Waals surface area contributed by atoms with Crippen molar-refractivity contribution in [1.29, 1.82) is 0 Å². The number of ketones is 1. The maximum Gasteiger partial charge on any atom is 0.171 e. The van der Waals surface area contributed by atoms with Gasteiger partial charge in [-0.3, -0.25) is 4.79 Å². The number of nitrogen functional groups attached to an aromatic ring is 1. The van der Waals surface area contributed by atoms with Crippen molar-refractivity contribution < 1.29 is 4.79 Å². The van der Waals surface area contributed by atoms with Crippen LogP contribution < -0.4 is 5.73 Å². The second-order valence-corrected chi connectivity index (χ2v) is 6.79. The van der Waals surface area contributed by atoms with Crippen LogP contribution in [-0.2, 0) is 6.42 Å². The first-order valence-corrected chi connectivity index (χ1v) is 7.52. The van der Waals surface area contributed by atoms with E-state index in [0.29, 0.717) is 27.2 Å². The first-order valence-electron chi connectivity index (χ1n) is 6.76. The molecule has 1 atom stereocenters. The molecule has 2 aliphatic carbocycles. The van der Waals surface area contributed by atoms with Crippen LogP contribution in [0.25, 0.3) is 0 Å². The first-order chi connectivity index (χ1) is 8.95. The number of fused-ring (bicyclic) bond motifs is 1. The second-order valence-electron chi connectivity index (χ2n) is 6.03. The molecule has 0 saturated heterocycles. The van der Waals surface area contributed by atoms with Crippen LogP contribution in [0.3, 0.4) is 0 Å². The Morgan fingerprint density at radius 1 is 1.26 bits per heavy atom. The van der Waals surface area contributed by atoms with Crippen molar-refractivity contribution in [3.63, 3.8) is 0 Å². The summed E-state index contributed by atoms with van der Waals surface area (Å²) in [5.74, 6) is 0.616. The zero-order valence-electron chi connectivity index (χ0n) is 10.9. The molecule has 0 spiro atoms. The van der Waals surface area contributed by atoms with Crippen molar-refractivity contribution in [3.05, 3.63) is 27.2 Å². The first kappa shape index (κ1) is 13.3. The minimum Gasteiger partial charge on any atom is -0.397 e. The van der Waals surface area contributed by atoms with Crippen molar-refractivity contribution >= 4 is 34.7 Å². The largest absolute Gasteiger partial charge is 0.397 e. The third-order valence-electron chi connectivity index (χ3n) is 4.88. The Morgan fingerprint density at radius 3 is 2.53 bits per heavy atom. The molecule has 0 aliphatic heterocycles. The number of carbonyl (C=O) groups excluding carboxylic acids is 1. The summed E-state index contributed by atoms with van der Waals surface area (Å²) >= 11 is 12.3. The van der Waals surface area contributed by atoms with Crippen LogP contribution in [-0.4, -0.2) is 5.78 Å². The van der Waals surface area contributed by atoms with Gasteiger partial charge in [0.25, 0.3) is 0 Å². The highest BCUT2D eigenvalue weighted by Crippen LogP contribution is 2.51. The van der Waals surface area contributed by atoms with E-state index < -0.39 is 0 Å². The zero-order chi connectivity index (χ0) is 13.8. The number of benzene rings is 1. The van der Waals surface area contributed by atoms with Gasteiger partial charge in [-0.1, -0.05) is 43.0 Å². The fourth-order valence-electron chi connectivity index (χ4n) is 3.74. The smallest absolute Gasteiger partial charge is 0.171 e. The lowest BCUT2D eigenvalue weighted by Crippen LogP contribution is -2.32. The number of carbonyl (C=O) groups is 1. The summed E-state index contributed by atoms with van der Waals surface area (Å²) in [7, 11) is 0. The molecule has 1 unspecified atom stereocenters. The molecule has 1 aromatic rings. The normalized spacial score (nSPS) is 27.0. The number of hydrogen-bond acceptors (Lipinski definition) is 2. The van der Waals surface area contributed by atoms with Gasteiger partial charge in [-0.2, -0.15) is 0 Å². The second kappa shape index (κ2) is 4.39. The summed E-state index contributed by atoms with van der Waals surface area (Å²) in [6, 6.07) is 1.82. The predicted octanol–water partition coefficient (Wildman–Crippen LogP) is 4.51. The van der Waals surface area contributed by atoms with Gasteiger partial charge in [0.1, 0.15) is 0 Å². The molecule has 0 amide bonds. The highest BCUT2D eigenvalue weighted by Gasteiger charge is 2.48. The van der Waals surface area contributed by atoms with E-state index in [1.54, 1.807) is 0 Å². The van der Waals surface area contributed by atoms with Crippen molar-refractivity contribution in [2.75, 3.05) is 5.73 Å². The number of nitrogens with two attached hydrogens (primary N) is 1. The number of Topliss-reactive ketones (excluding diaryl/α,β-unsaturated/α-hetero) is 1. The summed E-state index contributed by atoms with van der Waals surface area (Å²) in [4.78, 5) is 12.8. The van der Waals surface area contributed by atoms with Crippen LogP contribution in [0.5, 0.6) is 0 Å². The van der Waals surface area contributed by atoms with Crippen molar-refractivity contribution in [3.8, 4) is 0 Å². The maximum absolute atomic E-state index is 12.8. The van der Waals surface area contributed by atoms with E-state index in [-0.39, 0.29) is 11.2 Å². The Hall–Kier alpha value is -0.730. The third kappa shape index (κ3) is 1.80. The lowest BCUT2D eigenvalue weighted by molar-refractivity contribution is 0.0744. The minimum absolute atomic E-state index is 0.154. The molecule has 2 nitrogen and oxygen atoms in total. The summed E-state index contributed by atoms with van der Waals surface area (Å²) in [5.41, 5.74) is 7.57. The average Bonchev–Trinajstić information content (AvgIpc) is 2.96. The summed E-state index contributed by atoms with van der Waals surface area (Å²) in [6.07, 6.45) is 5.46. The molecule has 1 aromatic carbocycles. The van der Waals surface area contributed by atoms with Gasteiger partial charge in [-0.25, -0.2) is 0 Å². The number of halogens is 2. The summed E-state index contributed by atoms with van der Waals surface area (Å²) in [6.45, 7) is 2.08. The van der Waals surface area contributed by atoms with E-state index in [1.165, 1.54) is 12.8 Å². The number of rotatable bonds is 1. The van der Waals surface area contributed by atoms with Crippen LogP contribution in [0.2, 0.25) is 10.0 Å². The highest BCUT2D eigenvalue weighted by molar-refractivity contribution is 6.46. The SMILES string of the molecule is CC1(C2CCCC2)Cc2cc(N)c(Cl)c(Cl)c2C1=O. The van der Waals surface area contributed by atoms with Crippen LogP contribution in [0.15, 0.2) is 6.07 Å². The van der Waals surface area contributed by atoms with E-state index in [4.69, 9.17) is 28.9 Å². The molecule has 0 bridgehead atoms. The molecule has 2 N–H and O–H groups in total. The van der Waals surface area contributed by atoms with E-state index in [0.717, 1.165) is 24.8 Å². The molecule has 1 fully saturated rings. The van der Waals surface area contributed by atoms with E-state index in [9.17, 15) is 4.79 Å². The van der Waals surface area contributed by atoms with Crippen LogP contribution in [0.4, 0.5) is 5.69 Å². The van der Waals surface area contributed by atoms with Gasteiger partial charge in [-0.15, -0.1) is 0 Å². The lowest BCUT2D eigenvalue weighted by atomic mass is 9.73. The van der Waals surface area contributed by atoms with Crippen LogP contribution in [0, 0.1) is 11.3 Å². The molecule has 0 aromatic heterocycles. The highest BCUT2D eigenvalue weighted by atomic mass is 35.5. The molecular weight excluding hydrogens is 281 g/mol. The molecule has 1 saturated carbocycles. The Bertz CT molecular complexity index is 564. The lowest BCUT2D eigenvalue weighted by Gasteiger charge is -2.29. The van der Waals surface area contributed by atoms with Gasteiger partial charge < -0.3 is 5.73 Å². The molecule has 3 rings (SSSR count). The number of anilines is 1. The molecule has 2 aliphatic rings. The Balaban J connectivity index is 2.09. The van der Waals surface area contributed by atoms with Crippen molar-refractivity contribution in [2.45, 2.75) is 39.0 Å². The fraction of sp³-hybridized carbons (Fsp3) is 0.533. The van der Waals surface area contributed by atoms with E-state index >= 15 is 0 Å². The topological polar surface area (TPSA) is 43.1 Å².